The first kappa shape index (κ1) is 9.01. The Bertz CT molecular complexity index is 455. The highest BCUT2D eigenvalue weighted by molar-refractivity contribution is 5.89. The Hall–Kier alpha value is -1.25. The van der Waals surface area contributed by atoms with Crippen LogP contribution in [0.25, 0.3) is 0 Å². The van der Waals surface area contributed by atoms with Crippen LogP contribution in [0, 0.1) is 17.6 Å². The minimum Gasteiger partial charge on any atom is -0.299 e. The summed E-state index contributed by atoms with van der Waals surface area (Å²) in [5.41, 5.74) is 0.642. The smallest absolute Gasteiger partial charge is 0.159 e. The summed E-state index contributed by atoms with van der Waals surface area (Å²) < 4.78 is 25.8. The molecule has 3 rings (SSSR count). The largest absolute Gasteiger partial charge is 0.299 e. The molecular weight excluding hydrogens is 198 g/mol. The Morgan fingerprint density at radius 3 is 2.60 bits per heavy atom. The number of rotatable bonds is 1. The lowest BCUT2D eigenvalue weighted by Crippen LogP contribution is -2.06. The van der Waals surface area contributed by atoms with Crippen molar-refractivity contribution in [2.75, 3.05) is 0 Å². The molecule has 2 aliphatic carbocycles. The van der Waals surface area contributed by atoms with Gasteiger partial charge in [-0.3, -0.25) is 4.79 Å². The van der Waals surface area contributed by atoms with Crippen molar-refractivity contribution in [3.63, 3.8) is 0 Å². The van der Waals surface area contributed by atoms with Crippen molar-refractivity contribution in [3.05, 3.63) is 35.4 Å². The molecule has 0 aromatic heterocycles. The fraction of sp³-hybridized carbons (Fsp3) is 0.417. The van der Waals surface area contributed by atoms with E-state index in [1.165, 1.54) is 6.07 Å². The molecule has 0 heterocycles. The average molecular weight is 208 g/mol. The molecule has 0 saturated heterocycles. The van der Waals surface area contributed by atoms with Crippen molar-refractivity contribution < 1.29 is 13.6 Å². The topological polar surface area (TPSA) is 17.1 Å². The molecule has 0 unspecified atom stereocenters. The summed E-state index contributed by atoms with van der Waals surface area (Å²) in [4.78, 5) is 11.4. The third kappa shape index (κ3) is 1.09. The first-order chi connectivity index (χ1) is 7.13. The molecule has 1 aromatic rings. The summed E-state index contributed by atoms with van der Waals surface area (Å²) in [5, 5.41) is 0. The van der Waals surface area contributed by atoms with Crippen LogP contribution in [0.4, 0.5) is 8.78 Å². The van der Waals surface area contributed by atoms with E-state index in [2.05, 4.69) is 0 Å². The van der Waals surface area contributed by atoms with Crippen LogP contribution in [0.15, 0.2) is 18.2 Å². The Labute approximate surface area is 86.1 Å². The molecule has 1 nitrogen and oxygen atoms in total. The fourth-order valence-corrected chi connectivity index (χ4v) is 2.79. The van der Waals surface area contributed by atoms with E-state index in [1.807, 2.05) is 0 Å². The number of ketones is 1. The predicted molar refractivity (Wildman–Crippen MR) is 50.4 cm³/mol. The van der Waals surface area contributed by atoms with Crippen molar-refractivity contribution in [2.24, 2.45) is 5.92 Å². The minimum atomic E-state index is -0.823. The van der Waals surface area contributed by atoms with Gasteiger partial charge in [0.15, 0.2) is 11.6 Å². The SMILES string of the molecule is O=C1CC[C@]2(c3ccc(F)c(F)c3)C[C@H]12. The molecule has 2 fully saturated rings. The second-order valence-corrected chi connectivity index (χ2v) is 4.51. The Balaban J connectivity index is 2.01. The third-order valence-electron chi connectivity index (χ3n) is 3.78. The normalized spacial score (nSPS) is 32.9. The molecule has 0 N–H and O–H groups in total. The van der Waals surface area contributed by atoms with Crippen molar-refractivity contribution in [1.82, 2.24) is 0 Å². The number of hydrogen-bond donors (Lipinski definition) is 0. The highest BCUT2D eigenvalue weighted by Crippen LogP contribution is 2.62. The van der Waals surface area contributed by atoms with Crippen LogP contribution in [-0.2, 0) is 10.2 Å². The van der Waals surface area contributed by atoms with Crippen molar-refractivity contribution in [2.45, 2.75) is 24.7 Å². The molecular formula is C12H10F2O. The minimum absolute atomic E-state index is 0.0716. The van der Waals surface area contributed by atoms with Gasteiger partial charge in [0, 0.05) is 17.8 Å². The lowest BCUT2D eigenvalue weighted by Gasteiger charge is -2.11. The lowest BCUT2D eigenvalue weighted by molar-refractivity contribution is -0.119. The summed E-state index contributed by atoms with van der Waals surface area (Å²) in [7, 11) is 0. The first-order valence-electron chi connectivity index (χ1n) is 5.12. The van der Waals surface area contributed by atoms with Crippen LogP contribution in [0.2, 0.25) is 0 Å². The van der Waals surface area contributed by atoms with Crippen LogP contribution >= 0.6 is 0 Å². The highest BCUT2D eigenvalue weighted by Gasteiger charge is 2.62. The monoisotopic (exact) mass is 208 g/mol. The summed E-state index contributed by atoms with van der Waals surface area (Å²) in [6, 6.07) is 4.00. The molecule has 3 heteroatoms. The molecule has 0 amide bonds. The zero-order valence-electron chi connectivity index (χ0n) is 8.09. The second-order valence-electron chi connectivity index (χ2n) is 4.51. The molecule has 1 aromatic carbocycles. The summed E-state index contributed by atoms with van der Waals surface area (Å²) in [5.74, 6) is -1.29. The fourth-order valence-electron chi connectivity index (χ4n) is 2.79. The van der Waals surface area contributed by atoms with Crippen molar-refractivity contribution in [1.29, 1.82) is 0 Å². The van der Waals surface area contributed by atoms with Crippen LogP contribution < -0.4 is 0 Å². The van der Waals surface area contributed by atoms with Gasteiger partial charge in [0.25, 0.3) is 0 Å². The van der Waals surface area contributed by atoms with Crippen LogP contribution in [0.1, 0.15) is 24.8 Å². The van der Waals surface area contributed by atoms with Gasteiger partial charge < -0.3 is 0 Å². The quantitative estimate of drug-likeness (QED) is 0.693. The number of fused-ring (bicyclic) bond motifs is 1. The van der Waals surface area contributed by atoms with Crippen LogP contribution in [-0.4, -0.2) is 5.78 Å². The number of Topliss-reactive ketones (excluding diaryl/α,β-unsaturated/α-hetero) is 1. The third-order valence-corrected chi connectivity index (χ3v) is 3.78. The summed E-state index contributed by atoms with van der Waals surface area (Å²) >= 11 is 0. The molecule has 0 bridgehead atoms. The maximum Gasteiger partial charge on any atom is 0.159 e. The number of carbonyl (C=O) groups is 1. The van der Waals surface area contributed by atoms with Crippen molar-refractivity contribution in [3.8, 4) is 0 Å². The van der Waals surface area contributed by atoms with E-state index < -0.39 is 11.6 Å². The Morgan fingerprint density at radius 2 is 2.07 bits per heavy atom. The first-order valence-corrected chi connectivity index (χ1v) is 5.12. The van der Waals surface area contributed by atoms with E-state index in [-0.39, 0.29) is 17.1 Å². The van der Waals surface area contributed by atoms with E-state index >= 15 is 0 Å². The molecule has 0 spiro atoms. The van der Waals surface area contributed by atoms with E-state index in [4.69, 9.17) is 0 Å². The van der Waals surface area contributed by atoms with E-state index in [9.17, 15) is 13.6 Å². The number of hydrogen-bond acceptors (Lipinski definition) is 1. The zero-order valence-corrected chi connectivity index (χ0v) is 8.09. The van der Waals surface area contributed by atoms with Gasteiger partial charge in [-0.15, -0.1) is 0 Å². The van der Waals surface area contributed by atoms with Gasteiger partial charge in [-0.25, -0.2) is 8.78 Å². The van der Waals surface area contributed by atoms with Crippen LogP contribution in [0.5, 0.6) is 0 Å². The maximum absolute atomic E-state index is 13.1. The molecule has 2 saturated carbocycles. The van der Waals surface area contributed by atoms with E-state index in [1.54, 1.807) is 6.07 Å². The zero-order chi connectivity index (χ0) is 10.6. The van der Waals surface area contributed by atoms with Gasteiger partial charge in [0.05, 0.1) is 0 Å². The number of carbonyl (C=O) groups excluding carboxylic acids is 1. The van der Waals surface area contributed by atoms with E-state index in [0.717, 1.165) is 24.5 Å². The van der Waals surface area contributed by atoms with Gasteiger partial charge in [-0.1, -0.05) is 6.07 Å². The molecule has 15 heavy (non-hydrogen) atoms. The Morgan fingerprint density at radius 1 is 1.27 bits per heavy atom. The van der Waals surface area contributed by atoms with Gasteiger partial charge in [0.1, 0.15) is 5.78 Å². The lowest BCUT2D eigenvalue weighted by atomic mass is 9.93. The Kier molecular flexibility index (Phi) is 1.59. The van der Waals surface area contributed by atoms with Gasteiger partial charge in [-0.05, 0) is 30.5 Å². The molecule has 2 atom stereocenters. The number of halogens is 2. The van der Waals surface area contributed by atoms with Gasteiger partial charge in [0.2, 0.25) is 0 Å². The van der Waals surface area contributed by atoms with Gasteiger partial charge in [-0.2, -0.15) is 0 Å². The highest BCUT2D eigenvalue weighted by atomic mass is 19.2. The second kappa shape index (κ2) is 2.65. The molecule has 0 aliphatic heterocycles. The predicted octanol–water partition coefficient (Wildman–Crippen LogP) is 2.59. The number of benzene rings is 1. The average Bonchev–Trinajstić information content (AvgIpc) is 2.88. The van der Waals surface area contributed by atoms with Gasteiger partial charge >= 0.3 is 0 Å². The summed E-state index contributed by atoms with van der Waals surface area (Å²) in [6.45, 7) is 0. The van der Waals surface area contributed by atoms with Crippen molar-refractivity contribution >= 4 is 5.78 Å². The van der Waals surface area contributed by atoms with E-state index in [0.29, 0.717) is 6.42 Å². The summed E-state index contributed by atoms with van der Waals surface area (Å²) in [6.07, 6.45) is 2.20. The standard InChI is InChI=1S/C12H10F2O/c13-9-2-1-7(5-10(9)14)12-4-3-11(15)8(12)6-12/h1-2,5,8H,3-4,6H2/t8-,12-/m1/s1. The maximum atomic E-state index is 13.1. The molecule has 78 valence electrons. The molecule has 0 radical (unpaired) electrons. The molecule has 2 aliphatic rings. The van der Waals surface area contributed by atoms with Crippen LogP contribution in [0.3, 0.4) is 0 Å².